The van der Waals surface area contributed by atoms with E-state index in [9.17, 15) is 0 Å². The number of hydrogen-bond donors (Lipinski definition) is 1. The smallest absolute Gasteiger partial charge is 0.193 e. The van der Waals surface area contributed by atoms with Crippen LogP contribution >= 0.6 is 24.0 Å². The Morgan fingerprint density at radius 3 is 2.59 bits per heavy atom. The molecule has 0 aliphatic carbocycles. The largest absolute Gasteiger partial charge is 0.381 e. The quantitative estimate of drug-likeness (QED) is 0.345. The van der Waals surface area contributed by atoms with Gasteiger partial charge in [-0.2, -0.15) is 0 Å². The maximum absolute atomic E-state index is 5.45. The van der Waals surface area contributed by atoms with Crippen LogP contribution in [0, 0.1) is 5.92 Å². The Kier molecular flexibility index (Phi) is 11.9. The van der Waals surface area contributed by atoms with Gasteiger partial charge in [0.25, 0.3) is 0 Å². The second kappa shape index (κ2) is 13.3. The summed E-state index contributed by atoms with van der Waals surface area (Å²) >= 11 is 0. The van der Waals surface area contributed by atoms with Gasteiger partial charge < -0.3 is 19.9 Å². The molecular weight excluding hydrogens is 451 g/mol. The van der Waals surface area contributed by atoms with Gasteiger partial charge in [-0.1, -0.05) is 31.2 Å². The number of ether oxygens (including phenoxy) is 1. The highest BCUT2D eigenvalue weighted by Gasteiger charge is 2.15. The van der Waals surface area contributed by atoms with Crippen LogP contribution in [-0.4, -0.2) is 63.2 Å². The molecule has 5 nitrogen and oxygen atoms in total. The van der Waals surface area contributed by atoms with Gasteiger partial charge in [0.05, 0.1) is 0 Å². The first-order chi connectivity index (χ1) is 12.6. The van der Waals surface area contributed by atoms with Crippen LogP contribution in [0.25, 0.3) is 0 Å². The second-order valence-electron chi connectivity index (χ2n) is 7.32. The maximum Gasteiger partial charge on any atom is 0.193 e. The van der Waals surface area contributed by atoms with Gasteiger partial charge in [0, 0.05) is 46.9 Å². The molecule has 1 heterocycles. The average Bonchev–Trinajstić information content (AvgIpc) is 2.68. The third-order valence-electron chi connectivity index (χ3n) is 5.22. The molecule has 154 valence electrons. The monoisotopic (exact) mass is 488 g/mol. The summed E-state index contributed by atoms with van der Waals surface area (Å²) < 4.78 is 5.45. The van der Waals surface area contributed by atoms with E-state index < -0.39 is 0 Å². The lowest BCUT2D eigenvalue weighted by Crippen LogP contribution is -2.39. The van der Waals surface area contributed by atoms with E-state index in [1.165, 1.54) is 30.4 Å². The molecule has 0 saturated carbocycles. The normalized spacial score (nSPS) is 15.5. The van der Waals surface area contributed by atoms with Crippen molar-refractivity contribution in [1.29, 1.82) is 0 Å². The van der Waals surface area contributed by atoms with Gasteiger partial charge >= 0.3 is 0 Å². The third kappa shape index (κ3) is 8.79. The molecule has 2 rings (SSSR count). The van der Waals surface area contributed by atoms with Crippen molar-refractivity contribution >= 4 is 29.9 Å². The van der Waals surface area contributed by atoms with Crippen LogP contribution in [0.3, 0.4) is 0 Å². The lowest BCUT2D eigenvalue weighted by molar-refractivity contribution is 0.0625. The lowest BCUT2D eigenvalue weighted by Gasteiger charge is -2.27. The van der Waals surface area contributed by atoms with Gasteiger partial charge in [0.2, 0.25) is 0 Å². The van der Waals surface area contributed by atoms with Crippen LogP contribution in [0.1, 0.15) is 37.3 Å². The number of hydrogen-bond acceptors (Lipinski definition) is 3. The van der Waals surface area contributed by atoms with Crippen molar-refractivity contribution in [2.24, 2.45) is 10.9 Å². The Bertz CT molecular complexity index is 561. The summed E-state index contributed by atoms with van der Waals surface area (Å²) in [6, 6.07) is 8.81. The van der Waals surface area contributed by atoms with Crippen LogP contribution < -0.4 is 5.32 Å². The molecule has 0 atom stereocenters. The van der Waals surface area contributed by atoms with Crippen molar-refractivity contribution in [1.82, 2.24) is 15.1 Å². The van der Waals surface area contributed by atoms with E-state index in [0.717, 1.165) is 51.3 Å². The fourth-order valence-electron chi connectivity index (χ4n) is 3.34. The number of rotatable bonds is 8. The molecule has 1 aromatic rings. The van der Waals surface area contributed by atoms with Gasteiger partial charge in [0.1, 0.15) is 0 Å². The lowest BCUT2D eigenvalue weighted by atomic mass is 9.96. The Morgan fingerprint density at radius 1 is 1.22 bits per heavy atom. The molecule has 0 radical (unpaired) electrons. The van der Waals surface area contributed by atoms with Crippen LogP contribution in [0.4, 0.5) is 0 Å². The highest BCUT2D eigenvalue weighted by molar-refractivity contribution is 14.0. The molecule has 0 aromatic heterocycles. The van der Waals surface area contributed by atoms with Gasteiger partial charge in [-0.3, -0.25) is 4.99 Å². The average molecular weight is 488 g/mol. The van der Waals surface area contributed by atoms with E-state index in [-0.39, 0.29) is 24.0 Å². The Morgan fingerprint density at radius 2 is 1.93 bits per heavy atom. The Hall–Kier alpha value is -0.860. The van der Waals surface area contributed by atoms with Gasteiger partial charge in [-0.05, 0) is 49.9 Å². The minimum absolute atomic E-state index is 0. The molecule has 1 aliphatic rings. The van der Waals surface area contributed by atoms with Crippen LogP contribution in [-0.2, 0) is 17.8 Å². The van der Waals surface area contributed by atoms with E-state index in [4.69, 9.17) is 4.74 Å². The first-order valence-electron chi connectivity index (χ1n) is 9.88. The van der Waals surface area contributed by atoms with E-state index >= 15 is 0 Å². The molecule has 1 saturated heterocycles. The summed E-state index contributed by atoms with van der Waals surface area (Å²) in [5, 5.41) is 3.51. The van der Waals surface area contributed by atoms with E-state index in [1.807, 2.05) is 7.05 Å². The third-order valence-corrected chi connectivity index (χ3v) is 5.22. The molecule has 1 aromatic carbocycles. The van der Waals surface area contributed by atoms with Gasteiger partial charge in [-0.25, -0.2) is 0 Å². The van der Waals surface area contributed by atoms with Crippen molar-refractivity contribution in [2.75, 3.05) is 47.4 Å². The summed E-state index contributed by atoms with van der Waals surface area (Å²) in [4.78, 5) is 9.00. The molecule has 0 unspecified atom stereocenters. The van der Waals surface area contributed by atoms with E-state index in [0.29, 0.717) is 0 Å². The van der Waals surface area contributed by atoms with Gasteiger partial charge in [-0.15, -0.1) is 24.0 Å². The molecule has 1 fully saturated rings. The standard InChI is InChI=1S/C21H36N4O.HI/c1-5-24(3)17-20-8-6-7-19(15-20)16-23-21(22-2)25(4)12-9-18-10-13-26-14-11-18;/h6-8,15,18H,5,9-14,16-17H2,1-4H3,(H,22,23);1H. The number of guanidine groups is 1. The fraction of sp³-hybridized carbons (Fsp3) is 0.667. The zero-order valence-electron chi connectivity index (χ0n) is 17.4. The second-order valence-corrected chi connectivity index (χ2v) is 7.32. The minimum atomic E-state index is 0. The summed E-state index contributed by atoms with van der Waals surface area (Å²) in [6.45, 7) is 7.92. The minimum Gasteiger partial charge on any atom is -0.381 e. The number of benzene rings is 1. The SMILES string of the molecule is CCN(C)Cc1cccc(CNC(=NC)N(C)CCC2CCOCC2)c1.I. The summed E-state index contributed by atoms with van der Waals surface area (Å²) in [7, 11) is 6.14. The van der Waals surface area contributed by atoms with E-state index in [1.54, 1.807) is 0 Å². The molecule has 27 heavy (non-hydrogen) atoms. The van der Waals surface area contributed by atoms with Crippen molar-refractivity contribution in [3.05, 3.63) is 35.4 Å². The highest BCUT2D eigenvalue weighted by Crippen LogP contribution is 2.18. The van der Waals surface area contributed by atoms with Crippen LogP contribution in [0.2, 0.25) is 0 Å². The molecule has 1 aliphatic heterocycles. The summed E-state index contributed by atoms with van der Waals surface area (Å²) in [6.07, 6.45) is 3.59. The Labute approximate surface area is 182 Å². The first kappa shape index (κ1) is 24.2. The number of halogens is 1. The molecule has 6 heteroatoms. The first-order valence-corrected chi connectivity index (χ1v) is 9.88. The van der Waals surface area contributed by atoms with Crippen molar-refractivity contribution < 1.29 is 4.74 Å². The predicted octanol–water partition coefficient (Wildman–Crippen LogP) is 3.58. The molecule has 0 amide bonds. The molecule has 0 bridgehead atoms. The zero-order valence-corrected chi connectivity index (χ0v) is 19.7. The van der Waals surface area contributed by atoms with Crippen LogP contribution in [0.15, 0.2) is 29.3 Å². The molecular formula is C21H37IN4O. The number of nitrogens with zero attached hydrogens (tertiary/aromatic N) is 3. The molecule has 0 spiro atoms. The molecule has 1 N–H and O–H groups in total. The topological polar surface area (TPSA) is 40.1 Å². The Balaban J connectivity index is 0.00000364. The van der Waals surface area contributed by atoms with Crippen molar-refractivity contribution in [3.8, 4) is 0 Å². The summed E-state index contributed by atoms with van der Waals surface area (Å²) in [5.41, 5.74) is 2.66. The zero-order chi connectivity index (χ0) is 18.8. The predicted molar refractivity (Wildman–Crippen MR) is 125 cm³/mol. The van der Waals surface area contributed by atoms with Gasteiger partial charge in [0.15, 0.2) is 5.96 Å². The van der Waals surface area contributed by atoms with Crippen molar-refractivity contribution in [3.63, 3.8) is 0 Å². The van der Waals surface area contributed by atoms with Crippen LogP contribution in [0.5, 0.6) is 0 Å². The van der Waals surface area contributed by atoms with E-state index in [2.05, 4.69) is 65.4 Å². The van der Waals surface area contributed by atoms with Crippen molar-refractivity contribution in [2.45, 2.75) is 39.3 Å². The number of nitrogens with one attached hydrogen (secondary N) is 1. The maximum atomic E-state index is 5.45. The summed E-state index contributed by atoms with van der Waals surface area (Å²) in [5.74, 6) is 1.75. The number of aliphatic imine (C=N–C) groups is 1. The highest BCUT2D eigenvalue weighted by atomic mass is 127. The fourth-order valence-corrected chi connectivity index (χ4v) is 3.34.